The van der Waals surface area contributed by atoms with Crippen molar-refractivity contribution < 1.29 is 13.2 Å². The quantitative estimate of drug-likeness (QED) is 0.893. The van der Waals surface area contributed by atoms with E-state index in [9.17, 15) is 13.2 Å². The minimum atomic E-state index is -3.37. The third-order valence-electron chi connectivity index (χ3n) is 3.43. The molecule has 5 nitrogen and oxygen atoms in total. The SMILES string of the molecule is Cc1ccc(S(=O)(=O)CCC(=O)N2CCNCC2)cc1.Cl. The number of benzene rings is 1. The summed E-state index contributed by atoms with van der Waals surface area (Å²) >= 11 is 0. The van der Waals surface area contributed by atoms with E-state index in [4.69, 9.17) is 0 Å². The molecule has 1 heterocycles. The summed E-state index contributed by atoms with van der Waals surface area (Å²) < 4.78 is 24.3. The first-order valence-electron chi connectivity index (χ1n) is 6.77. The number of nitrogens with one attached hydrogen (secondary N) is 1. The maximum Gasteiger partial charge on any atom is 0.223 e. The van der Waals surface area contributed by atoms with Crippen molar-refractivity contribution >= 4 is 28.2 Å². The van der Waals surface area contributed by atoms with Crippen molar-refractivity contribution in [2.45, 2.75) is 18.2 Å². The van der Waals surface area contributed by atoms with Gasteiger partial charge in [0.2, 0.25) is 5.91 Å². The Morgan fingerprint density at radius 1 is 1.19 bits per heavy atom. The van der Waals surface area contributed by atoms with Gasteiger partial charge in [0.25, 0.3) is 0 Å². The highest BCUT2D eigenvalue weighted by atomic mass is 35.5. The maximum absolute atomic E-state index is 12.1. The van der Waals surface area contributed by atoms with Crippen LogP contribution in [-0.4, -0.2) is 51.2 Å². The fraction of sp³-hybridized carbons (Fsp3) is 0.500. The number of carbonyl (C=O) groups is 1. The molecule has 0 saturated carbocycles. The highest BCUT2D eigenvalue weighted by molar-refractivity contribution is 7.91. The molecule has 2 rings (SSSR count). The molecular formula is C14H21ClN2O3S. The van der Waals surface area contributed by atoms with Gasteiger partial charge in [0.05, 0.1) is 10.6 Å². The van der Waals surface area contributed by atoms with Crippen molar-refractivity contribution in [1.82, 2.24) is 10.2 Å². The molecule has 118 valence electrons. The van der Waals surface area contributed by atoms with E-state index in [1.165, 1.54) is 0 Å². The Morgan fingerprint density at radius 3 is 2.33 bits per heavy atom. The monoisotopic (exact) mass is 332 g/mol. The molecule has 0 radical (unpaired) electrons. The Hall–Kier alpha value is -1.11. The van der Waals surface area contributed by atoms with E-state index >= 15 is 0 Å². The lowest BCUT2D eigenvalue weighted by molar-refractivity contribution is -0.131. The van der Waals surface area contributed by atoms with Crippen LogP contribution in [-0.2, 0) is 14.6 Å². The normalized spacial score (nSPS) is 15.4. The first-order valence-corrected chi connectivity index (χ1v) is 8.42. The lowest BCUT2D eigenvalue weighted by Gasteiger charge is -2.27. The summed E-state index contributed by atoms with van der Waals surface area (Å²) in [5.41, 5.74) is 1.01. The topological polar surface area (TPSA) is 66.5 Å². The molecule has 21 heavy (non-hydrogen) atoms. The molecule has 1 amide bonds. The zero-order valence-corrected chi connectivity index (χ0v) is 13.7. The van der Waals surface area contributed by atoms with Crippen molar-refractivity contribution in [2.75, 3.05) is 31.9 Å². The average molecular weight is 333 g/mol. The summed E-state index contributed by atoms with van der Waals surface area (Å²) in [5, 5.41) is 3.16. The third kappa shape index (κ3) is 4.98. The Bertz CT molecular complexity index is 566. The van der Waals surface area contributed by atoms with Crippen LogP contribution in [0, 0.1) is 6.92 Å². The summed E-state index contributed by atoms with van der Waals surface area (Å²) in [6, 6.07) is 6.73. The first-order chi connectivity index (χ1) is 9.49. The minimum absolute atomic E-state index is 0. The van der Waals surface area contributed by atoms with Crippen LogP contribution in [0.2, 0.25) is 0 Å². The molecule has 0 bridgehead atoms. The largest absolute Gasteiger partial charge is 0.340 e. The van der Waals surface area contributed by atoms with Gasteiger partial charge in [-0.2, -0.15) is 0 Å². The summed E-state index contributed by atoms with van der Waals surface area (Å²) in [6.45, 7) is 4.77. The number of aryl methyl sites for hydroxylation is 1. The molecule has 7 heteroatoms. The van der Waals surface area contributed by atoms with Gasteiger partial charge >= 0.3 is 0 Å². The second-order valence-electron chi connectivity index (χ2n) is 5.01. The molecule has 1 N–H and O–H groups in total. The molecule has 1 aromatic carbocycles. The van der Waals surface area contributed by atoms with E-state index in [1.807, 2.05) is 6.92 Å². The smallest absolute Gasteiger partial charge is 0.223 e. The van der Waals surface area contributed by atoms with Crippen LogP contribution < -0.4 is 5.32 Å². The molecule has 0 aromatic heterocycles. The summed E-state index contributed by atoms with van der Waals surface area (Å²) in [5.74, 6) is -0.207. The molecule has 0 aliphatic carbocycles. The number of amides is 1. The Kier molecular flexibility index (Phi) is 6.64. The summed E-state index contributed by atoms with van der Waals surface area (Å²) in [6.07, 6.45) is 0.0518. The van der Waals surface area contributed by atoms with E-state index in [2.05, 4.69) is 5.32 Å². The minimum Gasteiger partial charge on any atom is -0.340 e. The molecule has 1 fully saturated rings. The van der Waals surface area contributed by atoms with E-state index in [1.54, 1.807) is 29.2 Å². The highest BCUT2D eigenvalue weighted by Crippen LogP contribution is 2.13. The van der Waals surface area contributed by atoms with Gasteiger partial charge in [0, 0.05) is 32.6 Å². The van der Waals surface area contributed by atoms with Gasteiger partial charge in [-0.05, 0) is 19.1 Å². The molecule has 1 aliphatic heterocycles. The van der Waals surface area contributed by atoms with E-state index in [0.29, 0.717) is 13.1 Å². The molecule has 0 spiro atoms. The Balaban J connectivity index is 0.00000220. The second kappa shape index (κ2) is 7.77. The maximum atomic E-state index is 12.1. The fourth-order valence-electron chi connectivity index (χ4n) is 2.16. The molecule has 1 aliphatic rings. The number of hydrogen-bond donors (Lipinski definition) is 1. The fourth-order valence-corrected chi connectivity index (χ4v) is 3.39. The Labute approximate surface area is 132 Å². The molecule has 0 unspecified atom stereocenters. The number of piperazine rings is 1. The number of hydrogen-bond acceptors (Lipinski definition) is 4. The number of halogens is 1. The highest BCUT2D eigenvalue weighted by Gasteiger charge is 2.20. The number of sulfone groups is 1. The predicted octanol–water partition coefficient (Wildman–Crippen LogP) is 1.01. The molecular weight excluding hydrogens is 312 g/mol. The first kappa shape index (κ1) is 17.9. The van der Waals surface area contributed by atoms with Crippen molar-refractivity contribution in [3.63, 3.8) is 0 Å². The Morgan fingerprint density at radius 2 is 1.76 bits per heavy atom. The van der Waals surface area contributed by atoms with Crippen LogP contribution in [0.1, 0.15) is 12.0 Å². The van der Waals surface area contributed by atoms with Crippen LogP contribution in [0.3, 0.4) is 0 Å². The lowest BCUT2D eigenvalue weighted by atomic mass is 10.2. The van der Waals surface area contributed by atoms with Gasteiger partial charge < -0.3 is 10.2 Å². The van der Waals surface area contributed by atoms with Gasteiger partial charge in [-0.25, -0.2) is 8.42 Å². The van der Waals surface area contributed by atoms with Crippen LogP contribution in [0.25, 0.3) is 0 Å². The molecule has 0 atom stereocenters. The van der Waals surface area contributed by atoms with Gasteiger partial charge in [-0.1, -0.05) is 17.7 Å². The third-order valence-corrected chi connectivity index (χ3v) is 5.17. The number of rotatable bonds is 4. The zero-order valence-electron chi connectivity index (χ0n) is 12.0. The molecule has 1 aromatic rings. The number of nitrogens with zero attached hydrogens (tertiary/aromatic N) is 1. The summed E-state index contributed by atoms with van der Waals surface area (Å²) in [7, 11) is -3.37. The van der Waals surface area contributed by atoms with Gasteiger partial charge in [0.1, 0.15) is 0 Å². The van der Waals surface area contributed by atoms with E-state index in [0.717, 1.165) is 18.7 Å². The van der Waals surface area contributed by atoms with Crippen molar-refractivity contribution in [3.05, 3.63) is 29.8 Å². The van der Waals surface area contributed by atoms with E-state index < -0.39 is 9.84 Å². The lowest BCUT2D eigenvalue weighted by Crippen LogP contribution is -2.46. The number of carbonyl (C=O) groups excluding carboxylic acids is 1. The van der Waals surface area contributed by atoms with Crippen molar-refractivity contribution in [3.8, 4) is 0 Å². The van der Waals surface area contributed by atoms with Crippen molar-refractivity contribution in [2.24, 2.45) is 0 Å². The van der Waals surface area contributed by atoms with Crippen LogP contribution in [0.4, 0.5) is 0 Å². The molecule has 1 saturated heterocycles. The van der Waals surface area contributed by atoms with Gasteiger partial charge in [-0.3, -0.25) is 4.79 Å². The van der Waals surface area contributed by atoms with Crippen molar-refractivity contribution in [1.29, 1.82) is 0 Å². The average Bonchev–Trinajstić information content (AvgIpc) is 2.46. The standard InChI is InChI=1S/C14H20N2O3S.ClH/c1-12-2-4-13(5-3-12)20(18,19)11-6-14(17)16-9-7-15-8-10-16;/h2-5,15H,6-11H2,1H3;1H. The van der Waals surface area contributed by atoms with Crippen LogP contribution in [0.15, 0.2) is 29.2 Å². The summed E-state index contributed by atoms with van der Waals surface area (Å²) in [4.78, 5) is 14.0. The second-order valence-corrected chi connectivity index (χ2v) is 7.12. The van der Waals surface area contributed by atoms with Crippen LogP contribution in [0.5, 0.6) is 0 Å². The van der Waals surface area contributed by atoms with Crippen LogP contribution >= 0.6 is 12.4 Å². The van der Waals surface area contributed by atoms with Gasteiger partial charge in [-0.15, -0.1) is 12.4 Å². The van der Waals surface area contributed by atoms with Gasteiger partial charge in [0.15, 0.2) is 9.84 Å². The van der Waals surface area contributed by atoms with E-state index in [-0.39, 0.29) is 35.4 Å². The zero-order chi connectivity index (χ0) is 14.6. The predicted molar refractivity (Wildman–Crippen MR) is 84.5 cm³/mol.